The van der Waals surface area contributed by atoms with Crippen LogP contribution < -0.4 is 5.48 Å². The maximum absolute atomic E-state index is 8.29. The van der Waals surface area contributed by atoms with Crippen molar-refractivity contribution in [3.63, 3.8) is 0 Å². The number of hydrogen-bond donors (Lipinski definition) is 3. The van der Waals surface area contributed by atoms with E-state index in [1.165, 1.54) is 0 Å². The second kappa shape index (κ2) is 5.16. The van der Waals surface area contributed by atoms with Crippen molar-refractivity contribution in [2.45, 2.75) is 11.4 Å². The smallest absolute Gasteiger partial charge is 0.163 e. The summed E-state index contributed by atoms with van der Waals surface area (Å²) in [5.41, 5.74) is 3.68. The largest absolute Gasteiger partial charge is 0.369 e. The van der Waals surface area contributed by atoms with E-state index < -0.39 is 0 Å². The molecule has 0 atom stereocenters. The highest BCUT2D eigenvalue weighted by Crippen LogP contribution is 2.06. The number of thiol groups is 1. The van der Waals surface area contributed by atoms with Gasteiger partial charge in [0.2, 0.25) is 0 Å². The van der Waals surface area contributed by atoms with E-state index in [1.807, 2.05) is 24.3 Å². The Hall–Kier alpha value is -0.550. The second-order valence-corrected chi connectivity index (χ2v) is 2.78. The van der Waals surface area contributed by atoms with Gasteiger partial charge in [0.1, 0.15) is 0 Å². The van der Waals surface area contributed by atoms with Crippen LogP contribution in [0.4, 0.5) is 0 Å². The van der Waals surface area contributed by atoms with Crippen LogP contribution in [0.1, 0.15) is 5.56 Å². The molecule has 2 N–H and O–H groups in total. The number of nitrogens with one attached hydrogen (secondary N) is 1. The number of aliphatic hydroxyl groups is 1. The molecule has 66 valence electrons. The van der Waals surface area contributed by atoms with Crippen LogP contribution in [0.3, 0.4) is 0 Å². The van der Waals surface area contributed by atoms with Crippen LogP contribution in [-0.2, 0) is 11.4 Å². The van der Waals surface area contributed by atoms with Gasteiger partial charge in [-0.05, 0) is 17.7 Å². The molecule has 0 saturated heterocycles. The van der Waals surface area contributed by atoms with Crippen molar-refractivity contribution in [2.24, 2.45) is 0 Å². The molecule has 0 saturated carbocycles. The Morgan fingerprint density at radius 2 is 2.00 bits per heavy atom. The molecule has 1 aromatic carbocycles. The van der Waals surface area contributed by atoms with Crippen LogP contribution in [0.2, 0.25) is 0 Å². The van der Waals surface area contributed by atoms with Crippen molar-refractivity contribution in [1.82, 2.24) is 5.48 Å². The van der Waals surface area contributed by atoms with Gasteiger partial charge in [0, 0.05) is 11.4 Å². The number of hydroxylamine groups is 1. The third kappa shape index (κ3) is 3.23. The van der Waals surface area contributed by atoms with Gasteiger partial charge >= 0.3 is 0 Å². The molecule has 0 aliphatic rings. The van der Waals surface area contributed by atoms with Crippen molar-refractivity contribution >= 4 is 12.6 Å². The first-order chi connectivity index (χ1) is 5.83. The van der Waals surface area contributed by atoms with Gasteiger partial charge in [0.25, 0.3) is 0 Å². The molecule has 3 nitrogen and oxygen atoms in total. The lowest BCUT2D eigenvalue weighted by Crippen LogP contribution is -2.14. The minimum Gasteiger partial charge on any atom is -0.369 e. The summed E-state index contributed by atoms with van der Waals surface area (Å²) in [5.74, 6) is 0. The van der Waals surface area contributed by atoms with E-state index in [0.717, 1.165) is 10.5 Å². The predicted octanol–water partition coefficient (Wildman–Crippen LogP) is 0.946. The Balaban J connectivity index is 2.37. The topological polar surface area (TPSA) is 41.5 Å². The van der Waals surface area contributed by atoms with E-state index in [2.05, 4.69) is 22.9 Å². The van der Waals surface area contributed by atoms with Gasteiger partial charge in [-0.2, -0.15) is 5.48 Å². The quantitative estimate of drug-likeness (QED) is 0.283. The molecule has 12 heavy (non-hydrogen) atoms. The van der Waals surface area contributed by atoms with E-state index in [9.17, 15) is 0 Å². The lowest BCUT2D eigenvalue weighted by molar-refractivity contribution is -0.0638. The first-order valence-electron chi connectivity index (χ1n) is 3.56. The van der Waals surface area contributed by atoms with Crippen LogP contribution in [0.5, 0.6) is 0 Å². The number of benzene rings is 1. The highest BCUT2D eigenvalue weighted by Gasteiger charge is 1.90. The van der Waals surface area contributed by atoms with E-state index in [4.69, 9.17) is 5.11 Å². The van der Waals surface area contributed by atoms with Crippen LogP contribution in [0.15, 0.2) is 29.2 Å². The SMILES string of the molecule is OCONCc1ccc(S)cc1. The molecular formula is C8H11NO2S. The highest BCUT2D eigenvalue weighted by molar-refractivity contribution is 7.80. The van der Waals surface area contributed by atoms with Crippen molar-refractivity contribution in [2.75, 3.05) is 6.79 Å². The standard InChI is InChI=1S/C8H11NO2S/c10-6-11-9-5-7-1-3-8(12)4-2-7/h1-4,9-10,12H,5-6H2. The molecule has 0 aliphatic heterocycles. The number of hydrogen-bond acceptors (Lipinski definition) is 4. The third-order valence-electron chi connectivity index (χ3n) is 1.38. The summed E-state index contributed by atoms with van der Waals surface area (Å²) < 4.78 is 0. The fourth-order valence-electron chi connectivity index (χ4n) is 0.794. The van der Waals surface area contributed by atoms with Gasteiger partial charge < -0.3 is 5.11 Å². The highest BCUT2D eigenvalue weighted by atomic mass is 32.1. The van der Waals surface area contributed by atoms with Crippen molar-refractivity contribution in [3.8, 4) is 0 Å². The van der Waals surface area contributed by atoms with Gasteiger partial charge in [-0.25, -0.2) is 0 Å². The first-order valence-corrected chi connectivity index (χ1v) is 4.01. The van der Waals surface area contributed by atoms with E-state index >= 15 is 0 Å². The molecule has 0 heterocycles. The third-order valence-corrected chi connectivity index (χ3v) is 1.68. The van der Waals surface area contributed by atoms with Gasteiger partial charge in [-0.15, -0.1) is 12.6 Å². The zero-order chi connectivity index (χ0) is 8.81. The zero-order valence-electron chi connectivity index (χ0n) is 6.53. The van der Waals surface area contributed by atoms with E-state index in [-0.39, 0.29) is 6.79 Å². The summed E-state index contributed by atoms with van der Waals surface area (Å²) >= 11 is 4.15. The predicted molar refractivity (Wildman–Crippen MR) is 48.7 cm³/mol. The lowest BCUT2D eigenvalue weighted by Gasteiger charge is -2.02. The Bertz CT molecular complexity index is 225. The number of rotatable bonds is 4. The Morgan fingerprint density at radius 3 is 2.58 bits per heavy atom. The first kappa shape index (κ1) is 9.54. The maximum atomic E-state index is 8.29. The molecule has 0 aromatic heterocycles. The molecule has 0 aliphatic carbocycles. The van der Waals surface area contributed by atoms with Crippen molar-refractivity contribution < 1.29 is 9.94 Å². The monoisotopic (exact) mass is 185 g/mol. The summed E-state index contributed by atoms with van der Waals surface area (Å²) in [7, 11) is 0. The Morgan fingerprint density at radius 1 is 1.33 bits per heavy atom. The molecule has 0 unspecified atom stereocenters. The Labute approximate surface area is 76.7 Å². The molecule has 0 bridgehead atoms. The van der Waals surface area contributed by atoms with Crippen LogP contribution >= 0.6 is 12.6 Å². The zero-order valence-corrected chi connectivity index (χ0v) is 7.42. The average Bonchev–Trinajstić information content (AvgIpc) is 2.09. The van der Waals surface area contributed by atoms with Gasteiger partial charge in [0.05, 0.1) is 0 Å². The minimum absolute atomic E-state index is 0.315. The molecule has 4 heteroatoms. The van der Waals surface area contributed by atoms with Crippen molar-refractivity contribution in [3.05, 3.63) is 29.8 Å². The molecule has 0 amide bonds. The fourth-order valence-corrected chi connectivity index (χ4v) is 0.943. The fraction of sp³-hybridized carbons (Fsp3) is 0.250. The van der Waals surface area contributed by atoms with Crippen LogP contribution in [0.25, 0.3) is 0 Å². The molecule has 1 rings (SSSR count). The molecule has 0 radical (unpaired) electrons. The van der Waals surface area contributed by atoms with Gasteiger partial charge in [-0.1, -0.05) is 12.1 Å². The van der Waals surface area contributed by atoms with Crippen LogP contribution in [-0.4, -0.2) is 11.9 Å². The molecule has 0 spiro atoms. The van der Waals surface area contributed by atoms with Gasteiger partial charge in [0.15, 0.2) is 6.79 Å². The summed E-state index contributed by atoms with van der Waals surface area (Å²) in [5, 5.41) is 8.29. The van der Waals surface area contributed by atoms with Crippen LogP contribution in [0, 0.1) is 0 Å². The average molecular weight is 185 g/mol. The Kier molecular flexibility index (Phi) is 4.10. The maximum Gasteiger partial charge on any atom is 0.163 e. The summed E-state index contributed by atoms with van der Waals surface area (Å²) in [6, 6.07) is 7.68. The molecular weight excluding hydrogens is 174 g/mol. The second-order valence-electron chi connectivity index (χ2n) is 2.26. The summed E-state index contributed by atoms with van der Waals surface area (Å²) in [6.45, 7) is 0.263. The molecule has 1 aromatic rings. The number of aliphatic hydroxyl groups excluding tert-OH is 1. The summed E-state index contributed by atoms with van der Waals surface area (Å²) in [6.07, 6.45) is 0. The summed E-state index contributed by atoms with van der Waals surface area (Å²) in [4.78, 5) is 5.49. The lowest BCUT2D eigenvalue weighted by atomic mass is 10.2. The minimum atomic E-state index is -0.315. The van der Waals surface area contributed by atoms with E-state index in [0.29, 0.717) is 6.54 Å². The van der Waals surface area contributed by atoms with E-state index in [1.54, 1.807) is 0 Å². The van der Waals surface area contributed by atoms with Crippen molar-refractivity contribution in [1.29, 1.82) is 0 Å². The molecule has 0 fully saturated rings. The van der Waals surface area contributed by atoms with Gasteiger partial charge in [-0.3, -0.25) is 4.84 Å². The normalized spacial score (nSPS) is 10.2.